The Bertz CT molecular complexity index is 312. The molecule has 0 saturated heterocycles. The maximum absolute atomic E-state index is 11.1. The fourth-order valence-corrected chi connectivity index (χ4v) is 1.08. The predicted octanol–water partition coefficient (Wildman–Crippen LogP) is 1.17. The van der Waals surface area contributed by atoms with Crippen LogP contribution in [0, 0.1) is 0 Å². The number of ketones is 1. The maximum atomic E-state index is 11.1. The molecule has 0 aliphatic carbocycles. The monoisotopic (exact) mass is 228 g/mol. The van der Waals surface area contributed by atoms with Gasteiger partial charge in [0.15, 0.2) is 5.78 Å². The topological polar surface area (TPSA) is 69.1 Å². The average molecular weight is 229 g/mol. The molecule has 0 fully saturated rings. The van der Waals surface area contributed by atoms with Crippen LogP contribution in [-0.2, 0) is 0 Å². The standard InChI is InChI=1S/C8H9BrN2O/c9-6-2-1-5(3-7(6)11)8(12)4-10/h1-3H,4,10-11H2. The second-order valence-corrected chi connectivity index (χ2v) is 3.22. The van der Waals surface area contributed by atoms with Gasteiger partial charge in [-0.2, -0.15) is 0 Å². The van der Waals surface area contributed by atoms with E-state index >= 15 is 0 Å². The van der Waals surface area contributed by atoms with Gasteiger partial charge in [0.2, 0.25) is 0 Å². The van der Waals surface area contributed by atoms with Gasteiger partial charge in [0.05, 0.1) is 6.54 Å². The summed E-state index contributed by atoms with van der Waals surface area (Å²) in [5.74, 6) is -0.103. The predicted molar refractivity (Wildman–Crippen MR) is 51.9 cm³/mol. The van der Waals surface area contributed by atoms with Crippen molar-refractivity contribution in [3.05, 3.63) is 28.2 Å². The van der Waals surface area contributed by atoms with Crippen molar-refractivity contribution in [2.24, 2.45) is 5.73 Å². The maximum Gasteiger partial charge on any atom is 0.176 e. The normalized spacial score (nSPS) is 9.83. The fourth-order valence-electron chi connectivity index (χ4n) is 0.835. The van der Waals surface area contributed by atoms with Crippen LogP contribution in [0.1, 0.15) is 10.4 Å². The minimum atomic E-state index is -0.103. The van der Waals surface area contributed by atoms with Crippen molar-refractivity contribution in [3.63, 3.8) is 0 Å². The third-order valence-electron chi connectivity index (χ3n) is 1.50. The molecule has 0 bridgehead atoms. The van der Waals surface area contributed by atoms with Crippen LogP contribution in [0.5, 0.6) is 0 Å². The van der Waals surface area contributed by atoms with Crippen molar-refractivity contribution < 1.29 is 4.79 Å². The molecule has 0 unspecified atom stereocenters. The number of Topliss-reactive ketones (excluding diaryl/α,β-unsaturated/α-hetero) is 1. The minimum absolute atomic E-state index is 0.0150. The molecule has 12 heavy (non-hydrogen) atoms. The Morgan fingerprint density at radius 2 is 2.17 bits per heavy atom. The number of anilines is 1. The van der Waals surface area contributed by atoms with Crippen LogP contribution in [0.2, 0.25) is 0 Å². The van der Waals surface area contributed by atoms with Crippen LogP contribution in [0.25, 0.3) is 0 Å². The van der Waals surface area contributed by atoms with E-state index in [1.165, 1.54) is 0 Å². The van der Waals surface area contributed by atoms with Crippen molar-refractivity contribution in [2.75, 3.05) is 12.3 Å². The highest BCUT2D eigenvalue weighted by Gasteiger charge is 2.04. The number of carbonyl (C=O) groups is 1. The average Bonchev–Trinajstić information content (AvgIpc) is 2.08. The molecular formula is C8H9BrN2O. The molecule has 0 aromatic heterocycles. The number of benzene rings is 1. The molecule has 1 aromatic rings. The summed E-state index contributed by atoms with van der Waals surface area (Å²) >= 11 is 3.23. The molecule has 0 amide bonds. The minimum Gasteiger partial charge on any atom is -0.398 e. The Labute approximate surface area is 78.9 Å². The number of hydrogen-bond acceptors (Lipinski definition) is 3. The summed E-state index contributed by atoms with van der Waals surface area (Å²) in [7, 11) is 0. The molecule has 3 nitrogen and oxygen atoms in total. The second kappa shape index (κ2) is 3.69. The van der Waals surface area contributed by atoms with Crippen molar-refractivity contribution in [3.8, 4) is 0 Å². The van der Waals surface area contributed by atoms with Crippen molar-refractivity contribution in [1.29, 1.82) is 0 Å². The summed E-state index contributed by atoms with van der Waals surface area (Å²) in [5.41, 5.74) is 11.9. The summed E-state index contributed by atoms with van der Waals surface area (Å²) in [6, 6.07) is 5.03. The Morgan fingerprint density at radius 1 is 1.50 bits per heavy atom. The van der Waals surface area contributed by atoms with Crippen LogP contribution >= 0.6 is 15.9 Å². The second-order valence-electron chi connectivity index (χ2n) is 2.36. The van der Waals surface area contributed by atoms with E-state index in [9.17, 15) is 4.79 Å². The Morgan fingerprint density at radius 3 is 2.67 bits per heavy atom. The smallest absolute Gasteiger partial charge is 0.176 e. The first-order valence-corrected chi connectivity index (χ1v) is 4.22. The van der Waals surface area contributed by atoms with Crippen molar-refractivity contribution >= 4 is 27.4 Å². The molecule has 0 radical (unpaired) electrons. The van der Waals surface area contributed by atoms with Crippen LogP contribution in [0.15, 0.2) is 22.7 Å². The zero-order chi connectivity index (χ0) is 9.14. The van der Waals surface area contributed by atoms with E-state index < -0.39 is 0 Å². The molecule has 0 atom stereocenters. The number of hydrogen-bond donors (Lipinski definition) is 2. The van der Waals surface area contributed by atoms with E-state index in [1.807, 2.05) is 0 Å². The number of carbonyl (C=O) groups excluding carboxylic acids is 1. The van der Waals surface area contributed by atoms with Crippen molar-refractivity contribution in [1.82, 2.24) is 0 Å². The van der Waals surface area contributed by atoms with E-state index in [1.54, 1.807) is 18.2 Å². The van der Waals surface area contributed by atoms with Gasteiger partial charge in [0, 0.05) is 15.7 Å². The van der Waals surface area contributed by atoms with E-state index in [0.29, 0.717) is 11.3 Å². The zero-order valence-electron chi connectivity index (χ0n) is 6.38. The molecule has 64 valence electrons. The first-order valence-electron chi connectivity index (χ1n) is 3.43. The molecule has 4 heteroatoms. The van der Waals surface area contributed by atoms with E-state index in [0.717, 1.165) is 4.47 Å². The van der Waals surface area contributed by atoms with Crippen LogP contribution in [0.3, 0.4) is 0 Å². The third kappa shape index (κ3) is 1.84. The van der Waals surface area contributed by atoms with Gasteiger partial charge in [-0.1, -0.05) is 6.07 Å². The van der Waals surface area contributed by atoms with Gasteiger partial charge in [0.25, 0.3) is 0 Å². The summed E-state index contributed by atoms with van der Waals surface area (Å²) in [6.45, 7) is 0.0150. The highest BCUT2D eigenvalue weighted by atomic mass is 79.9. The highest BCUT2D eigenvalue weighted by molar-refractivity contribution is 9.10. The van der Waals surface area contributed by atoms with Gasteiger partial charge < -0.3 is 11.5 Å². The van der Waals surface area contributed by atoms with Gasteiger partial charge in [-0.15, -0.1) is 0 Å². The molecule has 0 saturated carbocycles. The van der Waals surface area contributed by atoms with Gasteiger partial charge in [-0.3, -0.25) is 4.79 Å². The third-order valence-corrected chi connectivity index (χ3v) is 2.23. The highest BCUT2D eigenvalue weighted by Crippen LogP contribution is 2.20. The molecule has 0 heterocycles. The Kier molecular flexibility index (Phi) is 2.83. The number of nitrogen functional groups attached to an aromatic ring is 1. The summed E-state index contributed by atoms with van der Waals surface area (Å²) < 4.78 is 0.788. The number of halogens is 1. The van der Waals surface area contributed by atoms with E-state index in [-0.39, 0.29) is 12.3 Å². The zero-order valence-corrected chi connectivity index (χ0v) is 7.97. The molecule has 0 aliphatic rings. The fraction of sp³-hybridized carbons (Fsp3) is 0.125. The van der Waals surface area contributed by atoms with Crippen molar-refractivity contribution in [2.45, 2.75) is 0 Å². The lowest BCUT2D eigenvalue weighted by atomic mass is 10.1. The lowest BCUT2D eigenvalue weighted by molar-refractivity contribution is 0.100. The largest absolute Gasteiger partial charge is 0.398 e. The van der Waals surface area contributed by atoms with Gasteiger partial charge in [-0.25, -0.2) is 0 Å². The van der Waals surface area contributed by atoms with Crippen LogP contribution in [-0.4, -0.2) is 12.3 Å². The molecule has 1 rings (SSSR count). The summed E-state index contributed by atoms with van der Waals surface area (Å²) in [4.78, 5) is 11.1. The molecule has 0 spiro atoms. The van der Waals surface area contributed by atoms with Gasteiger partial charge in [-0.05, 0) is 28.1 Å². The Hall–Kier alpha value is -0.870. The number of nitrogens with two attached hydrogens (primary N) is 2. The van der Waals surface area contributed by atoms with Gasteiger partial charge >= 0.3 is 0 Å². The van der Waals surface area contributed by atoms with E-state index in [2.05, 4.69) is 15.9 Å². The molecule has 0 aliphatic heterocycles. The van der Waals surface area contributed by atoms with Crippen LogP contribution in [0.4, 0.5) is 5.69 Å². The van der Waals surface area contributed by atoms with Gasteiger partial charge in [0.1, 0.15) is 0 Å². The summed E-state index contributed by atoms with van der Waals surface area (Å²) in [5, 5.41) is 0. The quantitative estimate of drug-likeness (QED) is 0.590. The molecular weight excluding hydrogens is 220 g/mol. The number of rotatable bonds is 2. The molecule has 4 N–H and O–H groups in total. The summed E-state index contributed by atoms with van der Waals surface area (Å²) in [6.07, 6.45) is 0. The SMILES string of the molecule is NCC(=O)c1ccc(Br)c(N)c1. The first kappa shape index (κ1) is 9.22. The molecule has 1 aromatic carbocycles. The van der Waals surface area contributed by atoms with Crippen LogP contribution < -0.4 is 11.5 Å². The first-order chi connectivity index (χ1) is 5.65. The Balaban J connectivity index is 3.05. The lowest BCUT2D eigenvalue weighted by Crippen LogP contribution is -2.13. The lowest BCUT2D eigenvalue weighted by Gasteiger charge is -2.00. The van der Waals surface area contributed by atoms with E-state index in [4.69, 9.17) is 11.5 Å².